The molecule has 0 saturated heterocycles. The van der Waals surface area contributed by atoms with Gasteiger partial charge in [-0.2, -0.15) is 0 Å². The second-order valence-corrected chi connectivity index (χ2v) is 5.96. The van der Waals surface area contributed by atoms with Crippen molar-refractivity contribution >= 4 is 23.2 Å². The van der Waals surface area contributed by atoms with Gasteiger partial charge in [0.05, 0.1) is 0 Å². The summed E-state index contributed by atoms with van der Waals surface area (Å²) in [6.07, 6.45) is 4.59. The van der Waals surface area contributed by atoms with E-state index in [1.54, 1.807) is 6.07 Å². The Balaban J connectivity index is 2.02. The number of nitrogens with two attached hydrogens (primary N) is 1. The summed E-state index contributed by atoms with van der Waals surface area (Å²) >= 11 is 12.0. The second kappa shape index (κ2) is 6.89. The van der Waals surface area contributed by atoms with Gasteiger partial charge in [0, 0.05) is 24.2 Å². The Morgan fingerprint density at radius 2 is 1.95 bits per heavy atom. The quantitative estimate of drug-likeness (QED) is 0.866. The highest BCUT2D eigenvalue weighted by Crippen LogP contribution is 2.25. The van der Waals surface area contributed by atoms with E-state index in [0.29, 0.717) is 22.4 Å². The predicted octanol–water partition coefficient (Wildman–Crippen LogP) is 3.48. The molecule has 2 N–H and O–H groups in total. The zero-order valence-corrected chi connectivity index (χ0v) is 12.8. The molecule has 0 spiro atoms. The lowest BCUT2D eigenvalue weighted by Crippen LogP contribution is -2.40. The third-order valence-electron chi connectivity index (χ3n) is 3.93. The molecule has 0 radical (unpaired) electrons. The van der Waals surface area contributed by atoms with Crippen molar-refractivity contribution in [3.05, 3.63) is 28.0 Å². The number of hydrogen-bond donors (Lipinski definition) is 1. The van der Waals surface area contributed by atoms with Gasteiger partial charge in [-0.05, 0) is 38.3 Å². The van der Waals surface area contributed by atoms with E-state index in [2.05, 4.69) is 16.8 Å². The number of rotatable bonds is 4. The Kier molecular flexibility index (Phi) is 5.46. The Bertz CT molecular complexity index is 417. The zero-order valence-electron chi connectivity index (χ0n) is 11.3. The summed E-state index contributed by atoms with van der Waals surface area (Å²) in [4.78, 5) is 6.56. The summed E-state index contributed by atoms with van der Waals surface area (Å²) < 4.78 is 0. The Labute approximate surface area is 125 Å². The fraction of sp³-hybridized carbons (Fsp3) is 0.643. The Hall–Kier alpha value is -0.350. The zero-order chi connectivity index (χ0) is 13.8. The van der Waals surface area contributed by atoms with Crippen LogP contribution in [0.2, 0.25) is 10.3 Å². The molecule has 1 aromatic rings. The van der Waals surface area contributed by atoms with Crippen LogP contribution in [0.1, 0.15) is 38.2 Å². The smallest absolute Gasteiger partial charge is 0.135 e. The molecule has 1 aromatic heterocycles. The average molecular weight is 302 g/mol. The van der Waals surface area contributed by atoms with E-state index in [9.17, 15) is 0 Å². The molecule has 19 heavy (non-hydrogen) atoms. The molecule has 0 aliphatic heterocycles. The van der Waals surface area contributed by atoms with E-state index in [1.807, 2.05) is 6.07 Å². The van der Waals surface area contributed by atoms with Crippen LogP contribution in [-0.2, 0) is 6.54 Å². The third-order valence-corrected chi connectivity index (χ3v) is 4.47. The molecule has 1 saturated carbocycles. The van der Waals surface area contributed by atoms with Crippen molar-refractivity contribution in [1.29, 1.82) is 0 Å². The van der Waals surface area contributed by atoms with Crippen LogP contribution >= 0.6 is 23.2 Å². The van der Waals surface area contributed by atoms with Crippen LogP contribution in [0.3, 0.4) is 0 Å². The first-order valence-corrected chi connectivity index (χ1v) is 7.66. The average Bonchev–Trinajstić information content (AvgIpc) is 2.39. The summed E-state index contributed by atoms with van der Waals surface area (Å²) in [6, 6.07) is 4.76. The molecule has 1 heterocycles. The monoisotopic (exact) mass is 301 g/mol. The topological polar surface area (TPSA) is 42.2 Å². The highest BCUT2D eigenvalue weighted by Gasteiger charge is 2.23. The molecular formula is C14H21Cl2N3. The first-order valence-electron chi connectivity index (χ1n) is 6.90. The molecule has 0 bridgehead atoms. The fourth-order valence-corrected chi connectivity index (χ4v) is 3.15. The Morgan fingerprint density at radius 1 is 1.26 bits per heavy atom. The van der Waals surface area contributed by atoms with Crippen molar-refractivity contribution in [3.63, 3.8) is 0 Å². The van der Waals surface area contributed by atoms with Gasteiger partial charge in [-0.15, -0.1) is 0 Å². The molecule has 5 heteroatoms. The maximum absolute atomic E-state index is 6.15. The van der Waals surface area contributed by atoms with Crippen molar-refractivity contribution in [2.45, 2.75) is 51.2 Å². The molecule has 1 fully saturated rings. The van der Waals surface area contributed by atoms with Crippen molar-refractivity contribution in [2.75, 3.05) is 6.54 Å². The molecule has 0 amide bonds. The van der Waals surface area contributed by atoms with Gasteiger partial charge in [-0.3, -0.25) is 4.90 Å². The van der Waals surface area contributed by atoms with Crippen molar-refractivity contribution < 1.29 is 0 Å². The van der Waals surface area contributed by atoms with Gasteiger partial charge >= 0.3 is 0 Å². The molecule has 0 unspecified atom stereocenters. The minimum Gasteiger partial charge on any atom is -0.328 e. The van der Waals surface area contributed by atoms with Gasteiger partial charge in [0.25, 0.3) is 0 Å². The van der Waals surface area contributed by atoms with Crippen LogP contribution in [0, 0.1) is 0 Å². The summed E-state index contributed by atoms with van der Waals surface area (Å²) in [6.45, 7) is 4.03. The predicted molar refractivity (Wildman–Crippen MR) is 80.6 cm³/mol. The molecule has 1 aliphatic rings. The largest absolute Gasteiger partial charge is 0.328 e. The van der Waals surface area contributed by atoms with Gasteiger partial charge in [0.15, 0.2) is 0 Å². The minimum absolute atomic E-state index is 0.385. The first-order chi connectivity index (χ1) is 9.10. The number of hydrogen-bond acceptors (Lipinski definition) is 3. The summed E-state index contributed by atoms with van der Waals surface area (Å²) in [5.74, 6) is 0. The van der Waals surface area contributed by atoms with Crippen LogP contribution in [-0.4, -0.2) is 28.5 Å². The SMILES string of the molecule is CCN(Cc1ccc(Cl)nc1Cl)C1CCC(N)CC1. The molecule has 3 nitrogen and oxygen atoms in total. The van der Waals surface area contributed by atoms with Crippen LogP contribution in [0.25, 0.3) is 0 Å². The number of nitrogens with zero attached hydrogens (tertiary/aromatic N) is 2. The van der Waals surface area contributed by atoms with Crippen LogP contribution in [0.5, 0.6) is 0 Å². The van der Waals surface area contributed by atoms with Gasteiger partial charge in [-0.25, -0.2) is 4.98 Å². The van der Waals surface area contributed by atoms with Crippen LogP contribution in [0.15, 0.2) is 12.1 Å². The van der Waals surface area contributed by atoms with Crippen LogP contribution in [0.4, 0.5) is 0 Å². The van der Waals surface area contributed by atoms with E-state index in [1.165, 1.54) is 12.8 Å². The maximum atomic E-state index is 6.15. The van der Waals surface area contributed by atoms with E-state index in [-0.39, 0.29) is 0 Å². The maximum Gasteiger partial charge on any atom is 0.135 e. The van der Waals surface area contributed by atoms with Gasteiger partial charge in [-0.1, -0.05) is 36.2 Å². The number of halogens is 2. The normalized spacial score (nSPS) is 23.8. The van der Waals surface area contributed by atoms with E-state index < -0.39 is 0 Å². The fourth-order valence-electron chi connectivity index (χ4n) is 2.74. The van der Waals surface area contributed by atoms with Crippen molar-refractivity contribution in [2.24, 2.45) is 5.73 Å². The molecule has 0 atom stereocenters. The Morgan fingerprint density at radius 3 is 2.53 bits per heavy atom. The molecule has 2 rings (SSSR count). The van der Waals surface area contributed by atoms with E-state index in [0.717, 1.165) is 31.5 Å². The second-order valence-electron chi connectivity index (χ2n) is 5.22. The van der Waals surface area contributed by atoms with Gasteiger partial charge in [0.2, 0.25) is 0 Å². The molecule has 0 aromatic carbocycles. The van der Waals surface area contributed by atoms with E-state index >= 15 is 0 Å². The van der Waals surface area contributed by atoms with Crippen LogP contribution < -0.4 is 5.73 Å². The standard InChI is InChI=1S/C14H21Cl2N3/c1-2-19(12-6-4-11(17)5-7-12)9-10-3-8-13(15)18-14(10)16/h3,8,11-12H,2,4-7,9,17H2,1H3. The third kappa shape index (κ3) is 4.06. The highest BCUT2D eigenvalue weighted by atomic mass is 35.5. The lowest BCUT2D eigenvalue weighted by atomic mass is 9.90. The summed E-state index contributed by atoms with van der Waals surface area (Å²) in [5.41, 5.74) is 7.01. The lowest BCUT2D eigenvalue weighted by molar-refractivity contribution is 0.149. The number of pyridine rings is 1. The lowest BCUT2D eigenvalue weighted by Gasteiger charge is -2.35. The highest BCUT2D eigenvalue weighted by molar-refractivity contribution is 6.32. The molecule has 106 valence electrons. The minimum atomic E-state index is 0.385. The van der Waals surface area contributed by atoms with Crippen molar-refractivity contribution in [1.82, 2.24) is 9.88 Å². The number of aromatic nitrogens is 1. The van der Waals surface area contributed by atoms with Gasteiger partial charge in [0.1, 0.15) is 10.3 Å². The van der Waals surface area contributed by atoms with Crippen molar-refractivity contribution in [3.8, 4) is 0 Å². The summed E-state index contributed by atoms with van der Waals surface area (Å²) in [7, 11) is 0. The van der Waals surface area contributed by atoms with E-state index in [4.69, 9.17) is 28.9 Å². The molecular weight excluding hydrogens is 281 g/mol. The summed E-state index contributed by atoms with van der Waals surface area (Å²) in [5, 5.41) is 0.957. The van der Waals surface area contributed by atoms with Gasteiger partial charge < -0.3 is 5.73 Å². The first kappa shape index (κ1) is 15.0. The molecule has 1 aliphatic carbocycles.